The number of nitrogens with one attached hydrogen (secondary N) is 1. The number of hydrogen-bond donors (Lipinski definition) is 2. The van der Waals surface area contributed by atoms with Crippen molar-refractivity contribution in [3.05, 3.63) is 46.0 Å². The normalized spacial score (nSPS) is 16.3. The van der Waals surface area contributed by atoms with Gasteiger partial charge in [0, 0.05) is 18.2 Å². The SMILES string of the molecule is O=C(/C=C/c1ccc([N+](=O)[O-])cc1)NC1(CO)CC1. The lowest BCUT2D eigenvalue weighted by atomic mass is 10.2. The minimum absolute atomic E-state index is 0.0128. The van der Waals surface area contributed by atoms with E-state index in [0.717, 1.165) is 12.8 Å². The number of carbonyl (C=O) groups excluding carboxylic acids is 1. The summed E-state index contributed by atoms with van der Waals surface area (Å²) >= 11 is 0. The van der Waals surface area contributed by atoms with Crippen molar-refractivity contribution < 1.29 is 14.8 Å². The highest BCUT2D eigenvalue weighted by Gasteiger charge is 2.42. The Morgan fingerprint density at radius 2 is 2.05 bits per heavy atom. The summed E-state index contributed by atoms with van der Waals surface area (Å²) in [5, 5.41) is 22.3. The largest absolute Gasteiger partial charge is 0.394 e. The van der Waals surface area contributed by atoms with Crippen LogP contribution in [0.25, 0.3) is 6.08 Å². The van der Waals surface area contributed by atoms with Crippen LogP contribution in [0.3, 0.4) is 0 Å². The van der Waals surface area contributed by atoms with Gasteiger partial charge in [0.15, 0.2) is 0 Å². The van der Waals surface area contributed by atoms with Crippen molar-refractivity contribution in [2.75, 3.05) is 6.61 Å². The molecule has 1 amide bonds. The average Bonchev–Trinajstić information content (AvgIpc) is 3.17. The van der Waals surface area contributed by atoms with Crippen LogP contribution in [-0.2, 0) is 4.79 Å². The van der Waals surface area contributed by atoms with Gasteiger partial charge in [-0.15, -0.1) is 0 Å². The lowest BCUT2D eigenvalue weighted by Gasteiger charge is -2.11. The fourth-order valence-electron chi connectivity index (χ4n) is 1.66. The first-order valence-corrected chi connectivity index (χ1v) is 5.90. The summed E-state index contributed by atoms with van der Waals surface area (Å²) in [6.45, 7) is -0.0515. The van der Waals surface area contributed by atoms with Gasteiger partial charge < -0.3 is 10.4 Å². The van der Waals surface area contributed by atoms with Crippen LogP contribution < -0.4 is 5.32 Å². The molecule has 2 N–H and O–H groups in total. The zero-order chi connectivity index (χ0) is 13.9. The molecule has 1 aliphatic rings. The Labute approximate surface area is 109 Å². The van der Waals surface area contributed by atoms with Crippen LogP contribution in [0.15, 0.2) is 30.3 Å². The van der Waals surface area contributed by atoms with Crippen LogP contribution in [0.2, 0.25) is 0 Å². The highest BCUT2D eigenvalue weighted by Crippen LogP contribution is 2.34. The molecule has 0 heterocycles. The number of hydrogen-bond acceptors (Lipinski definition) is 4. The maximum absolute atomic E-state index is 11.6. The predicted octanol–water partition coefficient (Wildman–Crippen LogP) is 1.25. The molecule has 0 bridgehead atoms. The van der Waals surface area contributed by atoms with Gasteiger partial charge >= 0.3 is 0 Å². The second-order valence-electron chi connectivity index (χ2n) is 4.61. The Morgan fingerprint density at radius 1 is 1.42 bits per heavy atom. The van der Waals surface area contributed by atoms with E-state index in [0.29, 0.717) is 5.56 Å². The fourth-order valence-corrected chi connectivity index (χ4v) is 1.66. The molecule has 1 saturated carbocycles. The zero-order valence-corrected chi connectivity index (χ0v) is 10.2. The van der Waals surface area contributed by atoms with Crippen molar-refractivity contribution in [1.29, 1.82) is 0 Å². The van der Waals surface area contributed by atoms with Gasteiger partial charge in [0.2, 0.25) is 5.91 Å². The van der Waals surface area contributed by atoms with E-state index in [9.17, 15) is 14.9 Å². The number of non-ortho nitro benzene ring substituents is 1. The maximum Gasteiger partial charge on any atom is 0.269 e. The molecule has 0 saturated heterocycles. The van der Waals surface area contributed by atoms with E-state index < -0.39 is 10.5 Å². The molecular formula is C13H14N2O4. The van der Waals surface area contributed by atoms with E-state index in [1.165, 1.54) is 18.2 Å². The first-order chi connectivity index (χ1) is 9.04. The zero-order valence-electron chi connectivity index (χ0n) is 10.2. The number of carbonyl (C=O) groups is 1. The van der Waals surface area contributed by atoms with Gasteiger partial charge in [-0.05, 0) is 36.6 Å². The van der Waals surface area contributed by atoms with Crippen molar-refractivity contribution in [2.24, 2.45) is 0 Å². The molecule has 0 spiro atoms. The van der Waals surface area contributed by atoms with E-state index in [1.807, 2.05) is 0 Å². The second-order valence-corrected chi connectivity index (χ2v) is 4.61. The fraction of sp³-hybridized carbons (Fsp3) is 0.308. The minimum Gasteiger partial charge on any atom is -0.394 e. The lowest BCUT2D eigenvalue weighted by molar-refractivity contribution is -0.384. The van der Waals surface area contributed by atoms with E-state index >= 15 is 0 Å². The number of aliphatic hydroxyl groups is 1. The molecule has 6 nitrogen and oxygen atoms in total. The van der Waals surface area contributed by atoms with Crippen LogP contribution in [0.1, 0.15) is 18.4 Å². The van der Waals surface area contributed by atoms with Crippen molar-refractivity contribution in [3.63, 3.8) is 0 Å². The number of nitrogens with zero attached hydrogens (tertiary/aromatic N) is 1. The number of benzene rings is 1. The van der Waals surface area contributed by atoms with Crippen LogP contribution in [0, 0.1) is 10.1 Å². The molecule has 0 aliphatic heterocycles. The summed E-state index contributed by atoms with van der Waals surface area (Å²) in [7, 11) is 0. The highest BCUT2D eigenvalue weighted by atomic mass is 16.6. The van der Waals surface area contributed by atoms with Gasteiger partial charge in [-0.1, -0.05) is 0 Å². The molecule has 0 radical (unpaired) electrons. The summed E-state index contributed by atoms with van der Waals surface area (Å²) in [5.41, 5.74) is 0.282. The summed E-state index contributed by atoms with van der Waals surface area (Å²) in [6, 6.07) is 5.91. The van der Waals surface area contributed by atoms with Crippen molar-refractivity contribution >= 4 is 17.7 Å². The minimum atomic E-state index is -0.474. The molecule has 6 heteroatoms. The van der Waals surface area contributed by atoms with Crippen LogP contribution >= 0.6 is 0 Å². The second kappa shape index (κ2) is 5.19. The number of rotatable bonds is 5. The Kier molecular flexibility index (Phi) is 3.62. The molecule has 1 aliphatic carbocycles. The first kappa shape index (κ1) is 13.2. The summed E-state index contributed by atoms with van der Waals surface area (Å²) in [6.07, 6.45) is 4.52. The molecule has 1 aromatic rings. The van der Waals surface area contributed by atoms with E-state index in [-0.39, 0.29) is 18.2 Å². The third-order valence-electron chi connectivity index (χ3n) is 3.08. The summed E-state index contributed by atoms with van der Waals surface area (Å²) < 4.78 is 0. The smallest absolute Gasteiger partial charge is 0.269 e. The highest BCUT2D eigenvalue weighted by molar-refractivity contribution is 5.92. The quantitative estimate of drug-likeness (QED) is 0.474. The lowest BCUT2D eigenvalue weighted by Crippen LogP contribution is -2.38. The topological polar surface area (TPSA) is 92.5 Å². The summed E-state index contributed by atoms with van der Waals surface area (Å²) in [4.78, 5) is 21.6. The number of aliphatic hydroxyl groups excluding tert-OH is 1. The monoisotopic (exact) mass is 262 g/mol. The molecular weight excluding hydrogens is 248 g/mol. The van der Waals surface area contributed by atoms with Gasteiger partial charge in [0.05, 0.1) is 17.1 Å². The van der Waals surface area contributed by atoms with Gasteiger partial charge in [0.25, 0.3) is 5.69 Å². The Hall–Kier alpha value is -2.21. The molecule has 1 aromatic carbocycles. The van der Waals surface area contributed by atoms with Crippen molar-refractivity contribution in [2.45, 2.75) is 18.4 Å². The first-order valence-electron chi connectivity index (χ1n) is 5.90. The summed E-state index contributed by atoms with van der Waals surface area (Å²) in [5.74, 6) is -0.273. The number of nitro benzene ring substituents is 1. The number of nitro groups is 1. The van der Waals surface area contributed by atoms with Gasteiger partial charge in [-0.3, -0.25) is 14.9 Å². The average molecular weight is 262 g/mol. The van der Waals surface area contributed by atoms with Crippen molar-refractivity contribution in [1.82, 2.24) is 5.32 Å². The molecule has 0 unspecified atom stereocenters. The maximum atomic E-state index is 11.6. The van der Waals surface area contributed by atoms with Crippen LogP contribution in [0.4, 0.5) is 5.69 Å². The third-order valence-corrected chi connectivity index (χ3v) is 3.08. The third kappa shape index (κ3) is 3.38. The molecule has 100 valence electrons. The van der Waals surface area contributed by atoms with E-state index in [4.69, 9.17) is 5.11 Å². The molecule has 1 fully saturated rings. The Balaban J connectivity index is 1.94. The number of amides is 1. The molecule has 0 atom stereocenters. The van der Waals surface area contributed by atoms with Crippen molar-refractivity contribution in [3.8, 4) is 0 Å². The predicted molar refractivity (Wildman–Crippen MR) is 69.3 cm³/mol. The van der Waals surface area contributed by atoms with Gasteiger partial charge in [-0.25, -0.2) is 0 Å². The Morgan fingerprint density at radius 3 is 2.53 bits per heavy atom. The Bertz CT molecular complexity index is 518. The molecule has 2 rings (SSSR count). The van der Waals surface area contributed by atoms with E-state index in [1.54, 1.807) is 18.2 Å². The molecule has 19 heavy (non-hydrogen) atoms. The van der Waals surface area contributed by atoms with Crippen LogP contribution in [-0.4, -0.2) is 28.1 Å². The van der Waals surface area contributed by atoms with Crippen LogP contribution in [0.5, 0.6) is 0 Å². The van der Waals surface area contributed by atoms with Gasteiger partial charge in [-0.2, -0.15) is 0 Å². The standard InChI is InChI=1S/C13H14N2O4/c16-9-13(7-8-13)14-12(17)6-3-10-1-4-11(5-2-10)15(18)19/h1-6,16H,7-9H2,(H,14,17)/b6-3+. The van der Waals surface area contributed by atoms with E-state index in [2.05, 4.69) is 5.32 Å². The van der Waals surface area contributed by atoms with Gasteiger partial charge in [0.1, 0.15) is 0 Å². The molecule has 0 aromatic heterocycles.